The molecule has 0 amide bonds. The van der Waals surface area contributed by atoms with Gasteiger partial charge >= 0.3 is 0 Å². The molecule has 1 heterocycles. The minimum atomic E-state index is 0.809. The van der Waals surface area contributed by atoms with E-state index in [2.05, 4.69) is 5.32 Å². The molecule has 0 aromatic carbocycles. The number of hydrogen-bond donors (Lipinski definition) is 2. The second kappa shape index (κ2) is 1.96. The number of piperidine rings is 1. The summed E-state index contributed by atoms with van der Waals surface area (Å²) in [5.41, 5.74) is 5.55. The van der Waals surface area contributed by atoms with E-state index in [9.17, 15) is 0 Å². The molecular formula is C7H14N2. The number of nitrogens with two attached hydrogens (primary N) is 1. The third-order valence-corrected chi connectivity index (χ3v) is 2.70. The van der Waals surface area contributed by atoms with Crippen molar-refractivity contribution < 1.29 is 0 Å². The first kappa shape index (κ1) is 5.69. The van der Waals surface area contributed by atoms with Gasteiger partial charge in [0.15, 0.2) is 0 Å². The standard InChI is InChI=1S/C7H14N2/c8-4-6-5-2-1-3-9-7(5)6/h5-7,9H,1-4,8H2/t5-,6?,7-/m1/s1. The smallest absolute Gasteiger partial charge is 0.0143 e. The Hall–Kier alpha value is -0.0800. The molecule has 9 heavy (non-hydrogen) atoms. The van der Waals surface area contributed by atoms with Crippen LogP contribution in [0.25, 0.3) is 0 Å². The van der Waals surface area contributed by atoms with Crippen LogP contribution in [0.4, 0.5) is 0 Å². The summed E-state index contributed by atoms with van der Waals surface area (Å²) in [5.74, 6) is 1.77. The van der Waals surface area contributed by atoms with Gasteiger partial charge in [0.1, 0.15) is 0 Å². The molecule has 1 saturated carbocycles. The van der Waals surface area contributed by atoms with E-state index in [-0.39, 0.29) is 0 Å². The molecule has 3 atom stereocenters. The Morgan fingerprint density at radius 3 is 3.00 bits per heavy atom. The topological polar surface area (TPSA) is 38.0 Å². The van der Waals surface area contributed by atoms with Crippen LogP contribution in [-0.2, 0) is 0 Å². The van der Waals surface area contributed by atoms with Crippen molar-refractivity contribution in [3.63, 3.8) is 0 Å². The molecule has 2 fully saturated rings. The zero-order valence-electron chi connectivity index (χ0n) is 5.64. The molecule has 0 radical (unpaired) electrons. The molecule has 2 heteroatoms. The monoisotopic (exact) mass is 126 g/mol. The van der Waals surface area contributed by atoms with Crippen LogP contribution < -0.4 is 11.1 Å². The zero-order valence-corrected chi connectivity index (χ0v) is 5.64. The summed E-state index contributed by atoms with van der Waals surface area (Å²) in [6.45, 7) is 2.11. The molecule has 1 aliphatic carbocycles. The van der Waals surface area contributed by atoms with E-state index in [1.54, 1.807) is 0 Å². The van der Waals surface area contributed by atoms with Gasteiger partial charge in [0, 0.05) is 6.04 Å². The van der Waals surface area contributed by atoms with Crippen molar-refractivity contribution in [1.82, 2.24) is 5.32 Å². The molecule has 52 valence electrons. The highest BCUT2D eigenvalue weighted by atomic mass is 15.0. The average molecular weight is 126 g/mol. The van der Waals surface area contributed by atoms with E-state index in [1.165, 1.54) is 19.4 Å². The second-order valence-corrected chi connectivity index (χ2v) is 3.19. The van der Waals surface area contributed by atoms with Gasteiger partial charge in [0.25, 0.3) is 0 Å². The van der Waals surface area contributed by atoms with Crippen LogP contribution in [-0.4, -0.2) is 19.1 Å². The number of nitrogens with one attached hydrogen (secondary N) is 1. The lowest BCUT2D eigenvalue weighted by Gasteiger charge is -2.08. The average Bonchev–Trinajstić information content (AvgIpc) is 2.60. The van der Waals surface area contributed by atoms with Crippen molar-refractivity contribution in [3.8, 4) is 0 Å². The van der Waals surface area contributed by atoms with Crippen molar-refractivity contribution >= 4 is 0 Å². The van der Waals surface area contributed by atoms with Crippen molar-refractivity contribution in [1.29, 1.82) is 0 Å². The van der Waals surface area contributed by atoms with Crippen LogP contribution in [0.15, 0.2) is 0 Å². The lowest BCUT2D eigenvalue weighted by atomic mass is 10.1. The summed E-state index contributed by atoms with van der Waals surface area (Å²) >= 11 is 0. The van der Waals surface area contributed by atoms with Gasteiger partial charge in [-0.1, -0.05) is 0 Å². The van der Waals surface area contributed by atoms with Crippen LogP contribution in [0, 0.1) is 11.8 Å². The van der Waals surface area contributed by atoms with Gasteiger partial charge in [-0.15, -0.1) is 0 Å². The first-order valence-electron chi connectivity index (χ1n) is 3.87. The minimum absolute atomic E-state index is 0.809. The van der Waals surface area contributed by atoms with E-state index in [4.69, 9.17) is 5.73 Å². The minimum Gasteiger partial charge on any atom is -0.330 e. The maximum atomic E-state index is 5.55. The van der Waals surface area contributed by atoms with Crippen LogP contribution >= 0.6 is 0 Å². The van der Waals surface area contributed by atoms with Gasteiger partial charge in [0.2, 0.25) is 0 Å². The van der Waals surface area contributed by atoms with E-state index in [1.807, 2.05) is 0 Å². The predicted molar refractivity (Wildman–Crippen MR) is 37.1 cm³/mol. The fraction of sp³-hybridized carbons (Fsp3) is 1.00. The third-order valence-electron chi connectivity index (χ3n) is 2.70. The fourth-order valence-corrected chi connectivity index (χ4v) is 2.07. The Kier molecular flexibility index (Phi) is 1.24. The molecule has 1 aliphatic heterocycles. The SMILES string of the molecule is NCC1[C@H]2CCCN[C@@H]12. The van der Waals surface area contributed by atoms with Crippen LogP contribution in [0.1, 0.15) is 12.8 Å². The van der Waals surface area contributed by atoms with Gasteiger partial charge in [-0.25, -0.2) is 0 Å². The molecule has 0 spiro atoms. The summed E-state index contributed by atoms with van der Waals surface area (Å²) in [6.07, 6.45) is 2.78. The number of fused-ring (bicyclic) bond motifs is 1. The second-order valence-electron chi connectivity index (χ2n) is 3.19. The number of rotatable bonds is 1. The first-order chi connectivity index (χ1) is 4.43. The van der Waals surface area contributed by atoms with Crippen molar-refractivity contribution in [3.05, 3.63) is 0 Å². The molecule has 0 aromatic heterocycles. The Bertz CT molecular complexity index is 94.7. The van der Waals surface area contributed by atoms with E-state index >= 15 is 0 Å². The van der Waals surface area contributed by atoms with Crippen LogP contribution in [0.5, 0.6) is 0 Å². The zero-order chi connectivity index (χ0) is 6.27. The highest BCUT2D eigenvalue weighted by Crippen LogP contribution is 2.43. The maximum Gasteiger partial charge on any atom is 0.0143 e. The fourth-order valence-electron chi connectivity index (χ4n) is 2.07. The molecule has 0 bridgehead atoms. The molecule has 2 rings (SSSR count). The molecule has 3 N–H and O–H groups in total. The van der Waals surface area contributed by atoms with Crippen molar-refractivity contribution in [2.75, 3.05) is 13.1 Å². The first-order valence-corrected chi connectivity index (χ1v) is 3.87. The Labute approximate surface area is 55.8 Å². The molecule has 1 unspecified atom stereocenters. The third kappa shape index (κ3) is 0.775. The lowest BCUT2D eigenvalue weighted by molar-refractivity contribution is 0.504. The Morgan fingerprint density at radius 2 is 2.44 bits per heavy atom. The van der Waals surface area contributed by atoms with Crippen LogP contribution in [0.3, 0.4) is 0 Å². The quantitative estimate of drug-likeness (QED) is 0.516. The molecule has 2 aliphatic rings. The maximum absolute atomic E-state index is 5.55. The van der Waals surface area contributed by atoms with Gasteiger partial charge in [-0.05, 0) is 37.8 Å². The molecule has 1 saturated heterocycles. The van der Waals surface area contributed by atoms with Gasteiger partial charge in [0.05, 0.1) is 0 Å². The molecular weight excluding hydrogens is 112 g/mol. The lowest BCUT2D eigenvalue weighted by Crippen LogP contribution is -2.24. The largest absolute Gasteiger partial charge is 0.330 e. The Balaban J connectivity index is 1.91. The van der Waals surface area contributed by atoms with Crippen LogP contribution in [0.2, 0.25) is 0 Å². The Morgan fingerprint density at radius 1 is 1.56 bits per heavy atom. The molecule has 2 nitrogen and oxygen atoms in total. The highest BCUT2D eigenvalue weighted by molar-refractivity contribution is 5.05. The van der Waals surface area contributed by atoms with Crippen molar-refractivity contribution in [2.24, 2.45) is 17.6 Å². The van der Waals surface area contributed by atoms with Gasteiger partial charge in [-0.2, -0.15) is 0 Å². The van der Waals surface area contributed by atoms with Gasteiger partial charge in [-0.3, -0.25) is 0 Å². The summed E-state index contributed by atoms with van der Waals surface area (Å²) in [4.78, 5) is 0. The van der Waals surface area contributed by atoms with E-state index in [0.717, 1.165) is 24.4 Å². The van der Waals surface area contributed by atoms with Crippen molar-refractivity contribution in [2.45, 2.75) is 18.9 Å². The molecule has 0 aromatic rings. The van der Waals surface area contributed by atoms with E-state index < -0.39 is 0 Å². The summed E-state index contributed by atoms with van der Waals surface area (Å²) in [6, 6.07) is 0.809. The summed E-state index contributed by atoms with van der Waals surface area (Å²) in [7, 11) is 0. The van der Waals surface area contributed by atoms with E-state index in [0.29, 0.717) is 0 Å². The summed E-state index contributed by atoms with van der Waals surface area (Å²) < 4.78 is 0. The number of hydrogen-bond acceptors (Lipinski definition) is 2. The normalized spacial score (nSPS) is 48.3. The predicted octanol–water partition coefficient (Wildman–Crippen LogP) is -0.0569. The summed E-state index contributed by atoms with van der Waals surface area (Å²) in [5, 5.41) is 3.48. The van der Waals surface area contributed by atoms with Gasteiger partial charge < -0.3 is 11.1 Å². The highest BCUT2D eigenvalue weighted by Gasteiger charge is 2.49.